The molecular weight excluding hydrogens is 466 g/mol. The molecule has 2 radical (unpaired) electrons. The minimum Gasteiger partial charge on any atom is -0.168 e. The second kappa shape index (κ2) is 21.6. The van der Waals surface area contributed by atoms with Gasteiger partial charge < -0.3 is 13.3 Å². The molecule has 4 heteroatoms. The third-order valence-electron chi connectivity index (χ3n) is 3.10. The summed E-state index contributed by atoms with van der Waals surface area (Å²) in [4.78, 5) is 0. The topological polar surface area (TPSA) is 0 Å². The Morgan fingerprint density at radius 3 is 1.30 bits per heavy atom. The third kappa shape index (κ3) is 12.4. The molecule has 146 valence electrons. The van der Waals surface area contributed by atoms with E-state index in [1.165, 1.54) is 44.9 Å². The van der Waals surface area contributed by atoms with Crippen molar-refractivity contribution in [3.05, 3.63) is 98.3 Å². The van der Waals surface area contributed by atoms with Gasteiger partial charge in [-0.15, -0.1) is 84.1 Å². The van der Waals surface area contributed by atoms with Crippen LogP contribution < -0.4 is 0 Å². The Hall–Kier alpha value is -0.660. The molecule has 0 aliphatic carbocycles. The van der Waals surface area contributed by atoms with Crippen LogP contribution in [0.15, 0.2) is 84.9 Å². The Labute approximate surface area is 194 Å². The summed E-state index contributed by atoms with van der Waals surface area (Å²) < 4.78 is 0. The van der Waals surface area contributed by atoms with Crippen molar-refractivity contribution in [3.63, 3.8) is 0 Å². The van der Waals surface area contributed by atoms with Gasteiger partial charge in [-0.2, -0.15) is 55.8 Å². The molecule has 0 spiro atoms. The van der Waals surface area contributed by atoms with Crippen molar-refractivity contribution in [1.82, 2.24) is 0 Å². The molecule has 4 aromatic carbocycles. The summed E-state index contributed by atoms with van der Waals surface area (Å²) in [7, 11) is 0. The minimum atomic E-state index is 0. The second-order valence-electron chi connectivity index (χ2n) is 4.89. The summed E-state index contributed by atoms with van der Waals surface area (Å²) in [5.41, 5.74) is 0. The molecular formula is C23H28Cl2SiZr-4. The number of rotatable bonds is 0. The van der Waals surface area contributed by atoms with E-state index >= 15 is 0 Å². The fourth-order valence-corrected chi connectivity index (χ4v) is 2.14. The van der Waals surface area contributed by atoms with Crippen molar-refractivity contribution >= 4 is 53.2 Å². The number of hydrogen-bond acceptors (Lipinski definition) is 0. The zero-order valence-corrected chi connectivity index (χ0v) is 21.3. The summed E-state index contributed by atoms with van der Waals surface area (Å²) >= 11 is 1.36. The number of halogens is 2. The van der Waals surface area contributed by atoms with Crippen LogP contribution in [-0.4, -0.2) is 6.88 Å². The molecule has 0 saturated heterocycles. The van der Waals surface area contributed by atoms with Crippen LogP contribution in [0.3, 0.4) is 0 Å². The maximum absolute atomic E-state index is 3.25. The SMILES string of the molecule is C[CH-]C.Cl.Cl.[CH2-]C.[Si]=[Zr].c1ccc2[cH-]ccc2c1.c1ccc2[cH-]ccc2c1. The molecule has 0 atom stereocenters. The van der Waals surface area contributed by atoms with Crippen LogP contribution >= 0.6 is 24.8 Å². The quantitative estimate of drug-likeness (QED) is 0.174. The fraction of sp³-hybridized carbons (Fsp3) is 0.130. The molecule has 4 rings (SSSR count). The van der Waals surface area contributed by atoms with Crippen LogP contribution in [0, 0.1) is 13.3 Å². The molecule has 0 N–H and O–H groups in total. The van der Waals surface area contributed by atoms with Gasteiger partial charge in [-0.25, -0.2) is 0 Å². The summed E-state index contributed by atoms with van der Waals surface area (Å²) in [6.07, 6.45) is 2.00. The molecule has 4 aromatic rings. The predicted octanol–water partition coefficient (Wildman–Crippen LogP) is 7.65. The van der Waals surface area contributed by atoms with Gasteiger partial charge in [-0.05, 0) is 0 Å². The van der Waals surface area contributed by atoms with E-state index in [0.29, 0.717) is 0 Å². The largest absolute Gasteiger partial charge is 0.168 e. The van der Waals surface area contributed by atoms with Gasteiger partial charge in [0, 0.05) is 0 Å². The van der Waals surface area contributed by atoms with Gasteiger partial charge in [0.15, 0.2) is 0 Å². The Balaban J connectivity index is -0.000000306. The van der Waals surface area contributed by atoms with E-state index in [1.54, 1.807) is 6.92 Å². The maximum Gasteiger partial charge on any atom is -0.0809 e. The van der Waals surface area contributed by atoms with Crippen LogP contribution in [0.5, 0.6) is 0 Å². The zero-order chi connectivity index (χ0) is 18.9. The first-order valence-electron chi connectivity index (χ1n) is 8.25. The predicted molar refractivity (Wildman–Crippen MR) is 126 cm³/mol. The zero-order valence-electron chi connectivity index (χ0n) is 16.2. The third-order valence-corrected chi connectivity index (χ3v) is 3.10. The van der Waals surface area contributed by atoms with Crippen molar-refractivity contribution in [2.24, 2.45) is 0 Å². The average molecular weight is 495 g/mol. The molecule has 0 bridgehead atoms. The van der Waals surface area contributed by atoms with Gasteiger partial charge >= 0.3 is 30.2 Å². The van der Waals surface area contributed by atoms with Gasteiger partial charge in [-0.3, -0.25) is 0 Å². The molecule has 0 unspecified atom stereocenters. The van der Waals surface area contributed by atoms with Crippen molar-refractivity contribution < 1.29 is 23.3 Å². The minimum absolute atomic E-state index is 0. The van der Waals surface area contributed by atoms with Crippen LogP contribution in [0.2, 0.25) is 0 Å². The van der Waals surface area contributed by atoms with Gasteiger partial charge in [0.05, 0.1) is 0 Å². The smallest absolute Gasteiger partial charge is 0.0809 e. The van der Waals surface area contributed by atoms with Crippen molar-refractivity contribution in [1.29, 1.82) is 0 Å². The standard InChI is InChI=1S/2C9H7.C3H7.C2H5.2ClH.Si.Zr/c2*1-2-5-9-7-3-6-8(9)4-1;1-3-2;1-2;;;;/h2*1-7H;3H,1-2H3;1H2,2H3;2*1H;;/q4*-1;;;;. The summed E-state index contributed by atoms with van der Waals surface area (Å²) in [5, 5.41) is 5.32. The van der Waals surface area contributed by atoms with E-state index in [2.05, 4.69) is 98.7 Å². The van der Waals surface area contributed by atoms with Gasteiger partial charge in [-0.1, -0.05) is 12.1 Å². The fourth-order valence-electron chi connectivity index (χ4n) is 2.14. The number of hydrogen-bond donors (Lipinski definition) is 0. The first-order valence-corrected chi connectivity index (χ1v) is 12.4. The molecule has 0 aliphatic rings. The average Bonchev–Trinajstić information content (AvgIpc) is 3.35. The molecule has 0 nitrogen and oxygen atoms in total. The monoisotopic (exact) mass is 492 g/mol. The van der Waals surface area contributed by atoms with E-state index in [4.69, 9.17) is 0 Å². The van der Waals surface area contributed by atoms with Crippen LogP contribution in [0.25, 0.3) is 21.5 Å². The molecule has 0 saturated carbocycles. The van der Waals surface area contributed by atoms with E-state index in [1.807, 2.05) is 20.3 Å². The normalized spacial score (nSPS) is 7.81. The molecule has 27 heavy (non-hydrogen) atoms. The van der Waals surface area contributed by atoms with Gasteiger partial charge in [0.1, 0.15) is 0 Å². The Morgan fingerprint density at radius 2 is 1.00 bits per heavy atom. The van der Waals surface area contributed by atoms with E-state index in [0.717, 1.165) is 0 Å². The first-order chi connectivity index (χ1) is 12.3. The van der Waals surface area contributed by atoms with Crippen molar-refractivity contribution in [2.45, 2.75) is 20.8 Å². The summed E-state index contributed by atoms with van der Waals surface area (Å²) in [6, 6.07) is 29.3. The Morgan fingerprint density at radius 1 is 0.704 bits per heavy atom. The second-order valence-corrected chi connectivity index (χ2v) is 4.89. The Bertz CT molecular complexity index is 666. The number of fused-ring (bicyclic) bond motifs is 2. The van der Waals surface area contributed by atoms with E-state index in [-0.39, 0.29) is 24.8 Å². The molecule has 0 aromatic heterocycles. The van der Waals surface area contributed by atoms with Crippen molar-refractivity contribution in [2.75, 3.05) is 0 Å². The molecule has 0 heterocycles. The van der Waals surface area contributed by atoms with Crippen LogP contribution in [-0.2, 0) is 23.3 Å². The van der Waals surface area contributed by atoms with Crippen LogP contribution in [0.4, 0.5) is 0 Å². The van der Waals surface area contributed by atoms with Crippen LogP contribution in [0.1, 0.15) is 20.8 Å². The maximum atomic E-state index is 3.25. The first kappa shape index (κ1) is 31.0. The van der Waals surface area contributed by atoms with E-state index in [9.17, 15) is 0 Å². The van der Waals surface area contributed by atoms with Gasteiger partial charge in [0.25, 0.3) is 0 Å². The summed E-state index contributed by atoms with van der Waals surface area (Å²) in [6.45, 7) is 12.1. The number of benzene rings is 2. The van der Waals surface area contributed by atoms with Gasteiger partial charge in [0.2, 0.25) is 0 Å². The molecule has 0 aliphatic heterocycles. The van der Waals surface area contributed by atoms with E-state index < -0.39 is 0 Å². The Kier molecular flexibility index (Phi) is 24.9. The molecule has 0 fully saturated rings. The molecule has 0 amide bonds. The summed E-state index contributed by atoms with van der Waals surface area (Å²) in [5.74, 6) is 0. The van der Waals surface area contributed by atoms with Crippen molar-refractivity contribution in [3.8, 4) is 0 Å².